The zero-order valence-electron chi connectivity index (χ0n) is 13.8. The Bertz CT molecular complexity index is 697. The highest BCUT2D eigenvalue weighted by atomic mass is 35.5. The maximum absolute atomic E-state index is 12.1. The number of thioether (sulfide) groups is 1. The Morgan fingerprint density at radius 1 is 1.38 bits per heavy atom. The maximum atomic E-state index is 12.1. The van der Waals surface area contributed by atoms with Crippen LogP contribution in [0.4, 0.5) is 5.69 Å². The van der Waals surface area contributed by atoms with Crippen molar-refractivity contribution in [1.29, 1.82) is 0 Å². The lowest BCUT2D eigenvalue weighted by Gasteiger charge is -2.09. The van der Waals surface area contributed by atoms with Gasteiger partial charge in [0.2, 0.25) is 5.91 Å². The first kappa shape index (κ1) is 18.5. The Morgan fingerprint density at radius 2 is 2.08 bits per heavy atom. The molecule has 1 aromatic carbocycles. The number of carbonyl (C=O) groups excluding carboxylic acids is 1. The summed E-state index contributed by atoms with van der Waals surface area (Å²) in [6, 6.07) is 7.02. The SMILES string of the molecule is C=CCn1c(CC(C)C)nnc1SCC(=O)Nc1ccc(Cl)cc1. The molecular formula is C17H21ClN4OS. The van der Waals surface area contributed by atoms with E-state index >= 15 is 0 Å². The van der Waals surface area contributed by atoms with Crippen LogP contribution in [-0.2, 0) is 17.8 Å². The topological polar surface area (TPSA) is 59.8 Å². The van der Waals surface area contributed by atoms with E-state index in [9.17, 15) is 4.79 Å². The maximum Gasteiger partial charge on any atom is 0.234 e. The Hall–Kier alpha value is -1.79. The van der Waals surface area contributed by atoms with Crippen molar-refractivity contribution >= 4 is 35.0 Å². The van der Waals surface area contributed by atoms with E-state index in [1.807, 2.05) is 10.6 Å². The monoisotopic (exact) mass is 364 g/mol. The summed E-state index contributed by atoms with van der Waals surface area (Å²) in [5.74, 6) is 1.58. The van der Waals surface area contributed by atoms with Gasteiger partial charge in [-0.2, -0.15) is 0 Å². The summed E-state index contributed by atoms with van der Waals surface area (Å²) < 4.78 is 2.01. The number of rotatable bonds is 8. The Morgan fingerprint density at radius 3 is 2.71 bits per heavy atom. The van der Waals surface area contributed by atoms with Gasteiger partial charge in [-0.1, -0.05) is 43.3 Å². The van der Waals surface area contributed by atoms with Crippen molar-refractivity contribution in [3.05, 3.63) is 47.8 Å². The molecule has 1 N–H and O–H groups in total. The second-order valence-electron chi connectivity index (χ2n) is 5.74. The van der Waals surface area contributed by atoms with E-state index in [1.165, 1.54) is 11.8 Å². The molecule has 0 atom stereocenters. The Balaban J connectivity index is 1.97. The third kappa shape index (κ3) is 5.39. The number of allylic oxidation sites excluding steroid dienone is 1. The number of benzene rings is 1. The van der Waals surface area contributed by atoms with Crippen molar-refractivity contribution in [2.75, 3.05) is 11.1 Å². The molecule has 0 aliphatic rings. The van der Waals surface area contributed by atoms with Crippen molar-refractivity contribution in [1.82, 2.24) is 14.8 Å². The molecule has 0 saturated carbocycles. The lowest BCUT2D eigenvalue weighted by atomic mass is 10.1. The molecule has 2 aromatic rings. The molecule has 5 nitrogen and oxygen atoms in total. The van der Waals surface area contributed by atoms with Gasteiger partial charge in [0.15, 0.2) is 5.16 Å². The molecule has 128 valence electrons. The molecule has 0 bridgehead atoms. The number of halogens is 1. The Labute approximate surface area is 151 Å². The van der Waals surface area contributed by atoms with Crippen LogP contribution in [0.2, 0.25) is 5.02 Å². The van der Waals surface area contributed by atoms with Crippen molar-refractivity contribution in [3.8, 4) is 0 Å². The van der Waals surface area contributed by atoms with Gasteiger partial charge in [0.05, 0.1) is 5.75 Å². The van der Waals surface area contributed by atoms with E-state index in [-0.39, 0.29) is 11.7 Å². The van der Waals surface area contributed by atoms with Gasteiger partial charge in [0.1, 0.15) is 5.82 Å². The smallest absolute Gasteiger partial charge is 0.234 e. The fourth-order valence-corrected chi connectivity index (χ4v) is 3.01. The van der Waals surface area contributed by atoms with Crippen LogP contribution in [0.5, 0.6) is 0 Å². The van der Waals surface area contributed by atoms with Crippen LogP contribution in [-0.4, -0.2) is 26.4 Å². The van der Waals surface area contributed by atoms with Crippen molar-refractivity contribution in [2.45, 2.75) is 32.0 Å². The highest BCUT2D eigenvalue weighted by Crippen LogP contribution is 2.20. The quantitative estimate of drug-likeness (QED) is 0.567. The fraction of sp³-hybridized carbons (Fsp3) is 0.353. The summed E-state index contributed by atoms with van der Waals surface area (Å²) in [6.45, 7) is 8.69. The molecule has 0 spiro atoms. The van der Waals surface area contributed by atoms with Gasteiger partial charge in [-0.25, -0.2) is 0 Å². The molecule has 0 saturated heterocycles. The first-order valence-corrected chi connectivity index (χ1v) is 9.07. The molecule has 0 fully saturated rings. The van der Waals surface area contributed by atoms with Crippen LogP contribution < -0.4 is 5.32 Å². The average Bonchev–Trinajstić information content (AvgIpc) is 2.89. The second-order valence-corrected chi connectivity index (χ2v) is 7.12. The summed E-state index contributed by atoms with van der Waals surface area (Å²) in [4.78, 5) is 12.1. The number of aromatic nitrogens is 3. The minimum absolute atomic E-state index is 0.0964. The van der Waals surface area contributed by atoms with Gasteiger partial charge in [-0.3, -0.25) is 4.79 Å². The molecule has 0 unspecified atom stereocenters. The predicted octanol–water partition coefficient (Wildman–Crippen LogP) is 4.05. The molecule has 1 heterocycles. The molecular weight excluding hydrogens is 344 g/mol. The lowest BCUT2D eigenvalue weighted by molar-refractivity contribution is -0.113. The largest absolute Gasteiger partial charge is 0.325 e. The van der Waals surface area contributed by atoms with Crippen LogP contribution >= 0.6 is 23.4 Å². The van der Waals surface area contributed by atoms with E-state index in [0.717, 1.165) is 23.1 Å². The van der Waals surface area contributed by atoms with Crippen molar-refractivity contribution in [3.63, 3.8) is 0 Å². The zero-order valence-corrected chi connectivity index (χ0v) is 15.4. The molecule has 7 heteroatoms. The standard InChI is InChI=1S/C17H21ClN4OS/c1-4-9-22-15(10-12(2)3)20-21-17(22)24-11-16(23)19-14-7-5-13(18)6-8-14/h4-8,12H,1,9-11H2,2-3H3,(H,19,23). The van der Waals surface area contributed by atoms with Gasteiger partial charge in [-0.05, 0) is 30.2 Å². The highest BCUT2D eigenvalue weighted by molar-refractivity contribution is 7.99. The van der Waals surface area contributed by atoms with Gasteiger partial charge >= 0.3 is 0 Å². The van der Waals surface area contributed by atoms with E-state index in [4.69, 9.17) is 11.6 Å². The molecule has 0 aliphatic carbocycles. The average molecular weight is 365 g/mol. The van der Waals surface area contributed by atoms with Gasteiger partial charge in [-0.15, -0.1) is 16.8 Å². The predicted molar refractivity (Wildman–Crippen MR) is 99.6 cm³/mol. The number of anilines is 1. The van der Waals surface area contributed by atoms with Crippen LogP contribution in [0.1, 0.15) is 19.7 Å². The van der Waals surface area contributed by atoms with E-state index < -0.39 is 0 Å². The van der Waals surface area contributed by atoms with Crippen LogP contribution in [0, 0.1) is 5.92 Å². The summed E-state index contributed by atoms with van der Waals surface area (Å²) in [5.41, 5.74) is 0.720. The number of hydrogen-bond donors (Lipinski definition) is 1. The third-order valence-corrected chi connectivity index (χ3v) is 4.38. The summed E-state index contributed by atoms with van der Waals surface area (Å²) >= 11 is 7.20. The third-order valence-electron chi connectivity index (χ3n) is 3.16. The van der Waals surface area contributed by atoms with Crippen LogP contribution in [0.15, 0.2) is 42.1 Å². The molecule has 0 radical (unpaired) electrons. The molecule has 2 rings (SSSR count). The van der Waals surface area contributed by atoms with Crippen LogP contribution in [0.3, 0.4) is 0 Å². The van der Waals surface area contributed by atoms with E-state index in [2.05, 4.69) is 35.9 Å². The van der Waals surface area contributed by atoms with Gasteiger partial charge < -0.3 is 9.88 Å². The highest BCUT2D eigenvalue weighted by Gasteiger charge is 2.14. The molecule has 24 heavy (non-hydrogen) atoms. The fourth-order valence-electron chi connectivity index (χ4n) is 2.11. The van der Waals surface area contributed by atoms with Crippen LogP contribution in [0.25, 0.3) is 0 Å². The summed E-state index contributed by atoms with van der Waals surface area (Å²) in [6.07, 6.45) is 2.66. The van der Waals surface area contributed by atoms with E-state index in [1.54, 1.807) is 24.3 Å². The van der Waals surface area contributed by atoms with Crippen molar-refractivity contribution < 1.29 is 4.79 Å². The zero-order chi connectivity index (χ0) is 17.5. The number of carbonyl (C=O) groups is 1. The Kier molecular flexibility index (Phi) is 6.87. The number of amides is 1. The number of hydrogen-bond acceptors (Lipinski definition) is 4. The molecule has 1 amide bonds. The summed E-state index contributed by atoms with van der Waals surface area (Å²) in [7, 11) is 0. The minimum atomic E-state index is -0.0964. The summed E-state index contributed by atoms with van der Waals surface area (Å²) in [5, 5.41) is 12.7. The normalized spacial score (nSPS) is 10.8. The second kappa shape index (κ2) is 8.89. The van der Waals surface area contributed by atoms with Gasteiger partial charge in [0, 0.05) is 23.7 Å². The van der Waals surface area contributed by atoms with Gasteiger partial charge in [0.25, 0.3) is 0 Å². The molecule has 1 aromatic heterocycles. The van der Waals surface area contributed by atoms with E-state index in [0.29, 0.717) is 17.5 Å². The molecule has 0 aliphatic heterocycles. The number of nitrogens with zero attached hydrogens (tertiary/aromatic N) is 3. The lowest BCUT2D eigenvalue weighted by Crippen LogP contribution is -2.15. The first-order valence-electron chi connectivity index (χ1n) is 7.70. The minimum Gasteiger partial charge on any atom is -0.325 e. The van der Waals surface area contributed by atoms with Crippen molar-refractivity contribution in [2.24, 2.45) is 5.92 Å². The number of nitrogens with one attached hydrogen (secondary N) is 1. The first-order chi connectivity index (χ1) is 11.5.